The molecule has 88 valence electrons. The van der Waals surface area contributed by atoms with Gasteiger partial charge >= 0.3 is 0 Å². The highest BCUT2D eigenvalue weighted by atomic mass is 16.5. The molecule has 0 aromatic rings. The molecule has 1 rings (SSSR count). The average Bonchev–Trinajstić information content (AvgIpc) is 2.10. The Labute approximate surface area is 92.0 Å². The average molecular weight is 214 g/mol. The van der Waals surface area contributed by atoms with E-state index in [2.05, 4.69) is 5.32 Å². The molecule has 1 unspecified atom stereocenters. The fourth-order valence-electron chi connectivity index (χ4n) is 1.61. The third-order valence-electron chi connectivity index (χ3n) is 2.88. The van der Waals surface area contributed by atoms with Crippen molar-refractivity contribution in [3.8, 4) is 0 Å². The molecule has 1 aliphatic rings. The number of rotatable bonds is 5. The summed E-state index contributed by atoms with van der Waals surface area (Å²) in [5, 5.41) is 3.14. The number of nitrogens with one attached hydrogen (secondary N) is 1. The van der Waals surface area contributed by atoms with Crippen LogP contribution in [-0.2, 0) is 9.53 Å². The Morgan fingerprint density at radius 2 is 2.13 bits per heavy atom. The van der Waals surface area contributed by atoms with Crippen molar-refractivity contribution in [3.05, 3.63) is 0 Å². The first-order chi connectivity index (χ1) is 7.06. The molecule has 0 saturated carbocycles. The van der Waals surface area contributed by atoms with Crippen molar-refractivity contribution < 1.29 is 9.53 Å². The van der Waals surface area contributed by atoms with Gasteiger partial charge in [0.1, 0.15) is 0 Å². The minimum atomic E-state index is 0.0384. The quantitative estimate of drug-likeness (QED) is 0.729. The highest BCUT2D eigenvalue weighted by Crippen LogP contribution is 2.11. The van der Waals surface area contributed by atoms with E-state index in [0.717, 1.165) is 13.0 Å². The molecule has 4 nitrogen and oxygen atoms in total. The third-order valence-corrected chi connectivity index (χ3v) is 2.88. The fraction of sp³-hybridized carbons (Fsp3) is 0.909. The van der Waals surface area contributed by atoms with Gasteiger partial charge in [-0.1, -0.05) is 0 Å². The summed E-state index contributed by atoms with van der Waals surface area (Å²) in [5.41, 5.74) is 0. The highest BCUT2D eigenvalue weighted by molar-refractivity contribution is 5.83. The number of ether oxygens (including phenoxy) is 1. The van der Waals surface area contributed by atoms with Crippen LogP contribution in [0.4, 0.5) is 0 Å². The van der Waals surface area contributed by atoms with E-state index >= 15 is 0 Å². The number of amides is 1. The second-order valence-corrected chi connectivity index (χ2v) is 4.43. The van der Waals surface area contributed by atoms with Gasteiger partial charge in [0.15, 0.2) is 0 Å². The van der Waals surface area contributed by atoms with Gasteiger partial charge in [-0.3, -0.25) is 4.79 Å². The van der Waals surface area contributed by atoms with E-state index in [4.69, 9.17) is 4.74 Å². The topological polar surface area (TPSA) is 41.6 Å². The summed E-state index contributed by atoms with van der Waals surface area (Å²) in [6.07, 6.45) is 1.06. The van der Waals surface area contributed by atoms with Gasteiger partial charge in [-0.2, -0.15) is 0 Å². The van der Waals surface area contributed by atoms with Gasteiger partial charge < -0.3 is 15.0 Å². The van der Waals surface area contributed by atoms with Crippen LogP contribution in [-0.4, -0.2) is 49.2 Å². The van der Waals surface area contributed by atoms with Crippen molar-refractivity contribution >= 4 is 5.91 Å². The standard InChI is InChI=1S/C11H22N2O2/c1-8(2)13(7-9(3)15-4)11(14)10-5-6-12-10/h8-10,12H,5-7H2,1-4H3/t9?,10-/m1/s1. The molecule has 1 heterocycles. The molecule has 1 N–H and O–H groups in total. The maximum Gasteiger partial charge on any atom is 0.240 e. The predicted molar refractivity (Wildman–Crippen MR) is 59.7 cm³/mol. The molecular formula is C11H22N2O2. The minimum Gasteiger partial charge on any atom is -0.380 e. The molecule has 4 heteroatoms. The third kappa shape index (κ3) is 3.18. The molecule has 0 spiro atoms. The fourth-order valence-corrected chi connectivity index (χ4v) is 1.61. The Hall–Kier alpha value is -0.610. The molecule has 1 aliphatic heterocycles. The maximum atomic E-state index is 12.0. The van der Waals surface area contributed by atoms with Gasteiger partial charge in [0, 0.05) is 19.7 Å². The van der Waals surface area contributed by atoms with Crippen LogP contribution in [0, 0.1) is 0 Å². The van der Waals surface area contributed by atoms with E-state index < -0.39 is 0 Å². The van der Waals surface area contributed by atoms with Crippen molar-refractivity contribution in [3.63, 3.8) is 0 Å². The monoisotopic (exact) mass is 214 g/mol. The molecule has 1 fully saturated rings. The van der Waals surface area contributed by atoms with Crippen LogP contribution in [0.2, 0.25) is 0 Å². The highest BCUT2D eigenvalue weighted by Gasteiger charge is 2.30. The van der Waals surface area contributed by atoms with Crippen LogP contribution in [0.3, 0.4) is 0 Å². The lowest BCUT2D eigenvalue weighted by atomic mass is 10.0. The normalized spacial score (nSPS) is 22.3. The van der Waals surface area contributed by atoms with E-state index in [1.165, 1.54) is 0 Å². The Balaban J connectivity index is 2.52. The Kier molecular flexibility index (Phi) is 4.54. The number of hydrogen-bond acceptors (Lipinski definition) is 3. The zero-order valence-corrected chi connectivity index (χ0v) is 10.1. The number of carbonyl (C=O) groups is 1. The zero-order valence-electron chi connectivity index (χ0n) is 10.1. The molecule has 0 aromatic heterocycles. The van der Waals surface area contributed by atoms with Crippen LogP contribution in [0.25, 0.3) is 0 Å². The summed E-state index contributed by atoms with van der Waals surface area (Å²) in [5.74, 6) is 0.208. The van der Waals surface area contributed by atoms with E-state index in [0.29, 0.717) is 6.54 Å². The van der Waals surface area contributed by atoms with Crippen molar-refractivity contribution in [1.29, 1.82) is 0 Å². The lowest BCUT2D eigenvalue weighted by Crippen LogP contribution is -2.57. The Bertz CT molecular complexity index is 215. The Morgan fingerprint density at radius 1 is 1.53 bits per heavy atom. The van der Waals surface area contributed by atoms with E-state index in [9.17, 15) is 4.79 Å². The molecular weight excluding hydrogens is 192 g/mol. The molecule has 0 aliphatic carbocycles. The van der Waals surface area contributed by atoms with E-state index in [1.54, 1.807) is 7.11 Å². The molecule has 0 radical (unpaired) electrons. The first-order valence-corrected chi connectivity index (χ1v) is 5.63. The first-order valence-electron chi connectivity index (χ1n) is 5.63. The lowest BCUT2D eigenvalue weighted by Gasteiger charge is -2.36. The van der Waals surface area contributed by atoms with Gasteiger partial charge in [0.05, 0.1) is 12.1 Å². The summed E-state index contributed by atoms with van der Waals surface area (Å²) >= 11 is 0. The van der Waals surface area contributed by atoms with Gasteiger partial charge in [-0.15, -0.1) is 0 Å². The van der Waals surface area contributed by atoms with E-state index in [-0.39, 0.29) is 24.1 Å². The van der Waals surface area contributed by atoms with Gasteiger partial charge in [-0.25, -0.2) is 0 Å². The molecule has 0 aromatic carbocycles. The lowest BCUT2D eigenvalue weighted by molar-refractivity contribution is -0.138. The van der Waals surface area contributed by atoms with Crippen molar-refractivity contribution in [1.82, 2.24) is 10.2 Å². The molecule has 15 heavy (non-hydrogen) atoms. The second-order valence-electron chi connectivity index (χ2n) is 4.43. The van der Waals surface area contributed by atoms with Gasteiger partial charge in [0.2, 0.25) is 5.91 Å². The number of nitrogens with zero attached hydrogens (tertiary/aromatic N) is 1. The summed E-state index contributed by atoms with van der Waals surface area (Å²) in [6, 6.07) is 0.272. The Morgan fingerprint density at radius 3 is 2.47 bits per heavy atom. The van der Waals surface area contributed by atoms with Crippen LogP contribution in [0.5, 0.6) is 0 Å². The summed E-state index contributed by atoms with van der Waals surface area (Å²) < 4.78 is 5.20. The van der Waals surface area contributed by atoms with Crippen LogP contribution in [0.15, 0.2) is 0 Å². The minimum absolute atomic E-state index is 0.0384. The van der Waals surface area contributed by atoms with Crippen molar-refractivity contribution in [2.75, 3.05) is 20.2 Å². The molecule has 0 bridgehead atoms. The number of carbonyl (C=O) groups excluding carboxylic acids is 1. The number of hydrogen-bond donors (Lipinski definition) is 1. The SMILES string of the molecule is COC(C)CN(C(=O)[C@H]1CCN1)C(C)C. The predicted octanol–water partition coefficient (Wildman–Crippen LogP) is 0.620. The van der Waals surface area contributed by atoms with Gasteiger partial charge in [0.25, 0.3) is 0 Å². The zero-order chi connectivity index (χ0) is 11.4. The first kappa shape index (κ1) is 12.5. The second kappa shape index (κ2) is 5.47. The van der Waals surface area contributed by atoms with Gasteiger partial charge in [-0.05, 0) is 33.7 Å². The molecule has 1 amide bonds. The summed E-state index contributed by atoms with van der Waals surface area (Å²) in [6.45, 7) is 7.70. The summed E-state index contributed by atoms with van der Waals surface area (Å²) in [7, 11) is 1.68. The van der Waals surface area contributed by atoms with Crippen LogP contribution < -0.4 is 5.32 Å². The largest absolute Gasteiger partial charge is 0.380 e. The van der Waals surface area contributed by atoms with Crippen LogP contribution >= 0.6 is 0 Å². The molecule has 2 atom stereocenters. The maximum absolute atomic E-state index is 12.0. The summed E-state index contributed by atoms with van der Waals surface area (Å²) in [4.78, 5) is 13.9. The van der Waals surface area contributed by atoms with E-state index in [1.807, 2.05) is 25.7 Å². The smallest absolute Gasteiger partial charge is 0.240 e. The van der Waals surface area contributed by atoms with Crippen LogP contribution in [0.1, 0.15) is 27.2 Å². The molecule has 1 saturated heterocycles. The van der Waals surface area contributed by atoms with Crippen molar-refractivity contribution in [2.24, 2.45) is 0 Å². The number of methoxy groups -OCH3 is 1. The van der Waals surface area contributed by atoms with Crippen molar-refractivity contribution in [2.45, 2.75) is 45.4 Å².